The maximum atomic E-state index is 12.6. The molecule has 8 heteroatoms. The van der Waals surface area contributed by atoms with E-state index < -0.39 is 11.3 Å². The van der Waals surface area contributed by atoms with E-state index in [0.29, 0.717) is 15.7 Å². The van der Waals surface area contributed by atoms with E-state index in [9.17, 15) is 9.00 Å². The second-order valence-corrected chi connectivity index (χ2v) is 7.79. The molecule has 0 N–H and O–H groups in total. The average Bonchev–Trinajstić information content (AvgIpc) is 2.42. The van der Waals surface area contributed by atoms with E-state index >= 15 is 0 Å². The first-order valence-electron chi connectivity index (χ1n) is 5.66. The van der Waals surface area contributed by atoms with Crippen molar-refractivity contribution in [2.24, 2.45) is 0 Å². The van der Waals surface area contributed by atoms with Crippen molar-refractivity contribution in [1.29, 1.82) is 0 Å². The lowest BCUT2D eigenvalue weighted by Crippen LogP contribution is -2.39. The van der Waals surface area contributed by atoms with Gasteiger partial charge in [0.2, 0.25) is 0 Å². The Hall–Kier alpha value is -0.700. The summed E-state index contributed by atoms with van der Waals surface area (Å²) < 4.78 is 20.9. The number of amides is 1. The molecule has 2 aromatic rings. The molecule has 0 saturated heterocycles. The van der Waals surface area contributed by atoms with Crippen LogP contribution in [0, 0.1) is 0 Å². The van der Waals surface area contributed by atoms with Gasteiger partial charge >= 0.3 is 11.3 Å². The van der Waals surface area contributed by atoms with Crippen molar-refractivity contribution >= 4 is 70.7 Å². The Morgan fingerprint density at radius 1 is 1.00 bits per heavy atom. The number of hydrogen-bond donors (Lipinski definition) is 0. The van der Waals surface area contributed by atoms with Gasteiger partial charge in [0.05, 0.1) is 15.7 Å². The zero-order valence-electron chi connectivity index (χ0n) is 10.2. The summed E-state index contributed by atoms with van der Waals surface area (Å²) in [6.07, 6.45) is 0. The lowest BCUT2D eigenvalue weighted by Gasteiger charge is -2.27. The first-order valence-corrected chi connectivity index (χ1v) is 9.08. The maximum absolute atomic E-state index is 12.6. The summed E-state index contributed by atoms with van der Waals surface area (Å²) in [5, 5.41) is 0. The summed E-state index contributed by atoms with van der Waals surface area (Å²) in [5.41, 5.74) is 0.849. The maximum Gasteiger partial charge on any atom is 0.326 e. The van der Waals surface area contributed by atoms with E-state index in [1.807, 2.05) is 0 Å². The highest BCUT2D eigenvalue weighted by molar-refractivity contribution is 9.11. The molecule has 3 rings (SSSR count). The van der Waals surface area contributed by atoms with Crippen LogP contribution in [0.1, 0.15) is 10.4 Å². The Bertz CT molecular complexity index is 764. The predicted octanol–water partition coefficient (Wildman–Crippen LogP) is 4.59. The normalized spacial score (nSPS) is 17.4. The summed E-state index contributed by atoms with van der Waals surface area (Å²) in [4.78, 5) is 12.6. The van der Waals surface area contributed by atoms with Gasteiger partial charge in [0.25, 0.3) is 5.91 Å². The van der Waals surface area contributed by atoms with Crippen molar-refractivity contribution in [2.75, 3.05) is 4.31 Å². The van der Waals surface area contributed by atoms with Crippen LogP contribution in [0.25, 0.3) is 0 Å². The van der Waals surface area contributed by atoms with Gasteiger partial charge in [-0.25, -0.2) is 0 Å². The molecule has 1 heterocycles. The molecule has 0 radical (unpaired) electrons. The molecular formula is C13H6Br3NO3S. The summed E-state index contributed by atoms with van der Waals surface area (Å²) in [6.45, 7) is 0. The highest BCUT2D eigenvalue weighted by Crippen LogP contribution is 2.38. The monoisotopic (exact) mass is 493 g/mol. The molecular weight excluding hydrogens is 490 g/mol. The molecule has 1 aliphatic heterocycles. The number of rotatable bonds is 1. The number of carbonyl (C=O) groups excluding carboxylic acids is 1. The molecule has 4 nitrogen and oxygen atoms in total. The Labute approximate surface area is 148 Å². The summed E-state index contributed by atoms with van der Waals surface area (Å²) in [5.74, 6) is -0.0891. The Morgan fingerprint density at radius 2 is 1.67 bits per heavy atom. The van der Waals surface area contributed by atoms with E-state index in [1.165, 1.54) is 0 Å². The third kappa shape index (κ3) is 2.81. The van der Waals surface area contributed by atoms with Crippen molar-refractivity contribution < 1.29 is 13.2 Å². The van der Waals surface area contributed by atoms with Crippen molar-refractivity contribution in [3.05, 3.63) is 55.4 Å². The topological polar surface area (TPSA) is 46.6 Å². The van der Waals surface area contributed by atoms with Crippen LogP contribution in [0.2, 0.25) is 0 Å². The largest absolute Gasteiger partial charge is 0.383 e. The van der Waals surface area contributed by atoms with Gasteiger partial charge in [-0.3, -0.25) is 4.79 Å². The lowest BCUT2D eigenvalue weighted by atomic mass is 10.2. The minimum atomic E-state index is -1.92. The summed E-state index contributed by atoms with van der Waals surface area (Å²) >= 11 is 8.04. The highest BCUT2D eigenvalue weighted by atomic mass is 79.9. The van der Waals surface area contributed by atoms with Crippen LogP contribution in [0.15, 0.2) is 49.8 Å². The van der Waals surface area contributed by atoms with Gasteiger partial charge in [0, 0.05) is 8.95 Å². The first kappa shape index (κ1) is 15.2. The number of nitrogens with zero attached hydrogens (tertiary/aromatic N) is 1. The SMILES string of the molecule is O=C1c2cc(Br)cc(Br)c2OS(=O)N1c1ccc(Br)cc1. The lowest BCUT2D eigenvalue weighted by molar-refractivity contribution is 0.0999. The van der Waals surface area contributed by atoms with Crippen LogP contribution < -0.4 is 8.49 Å². The fourth-order valence-electron chi connectivity index (χ4n) is 1.87. The molecule has 2 aromatic carbocycles. The Morgan fingerprint density at radius 3 is 2.33 bits per heavy atom. The third-order valence-corrected chi connectivity index (χ3v) is 5.35. The number of fused-ring (bicyclic) bond motifs is 1. The highest BCUT2D eigenvalue weighted by Gasteiger charge is 2.35. The molecule has 1 amide bonds. The fraction of sp³-hybridized carbons (Fsp3) is 0. The van der Waals surface area contributed by atoms with Gasteiger partial charge < -0.3 is 4.18 Å². The van der Waals surface area contributed by atoms with Crippen LogP contribution in [0.5, 0.6) is 5.75 Å². The first-order chi connectivity index (χ1) is 9.97. The van der Waals surface area contributed by atoms with E-state index in [4.69, 9.17) is 4.18 Å². The summed E-state index contributed by atoms with van der Waals surface area (Å²) in [7, 11) is 0. The fourth-order valence-corrected chi connectivity index (χ4v) is 4.47. The minimum Gasteiger partial charge on any atom is -0.383 e. The van der Waals surface area contributed by atoms with Crippen LogP contribution in [0.3, 0.4) is 0 Å². The van der Waals surface area contributed by atoms with Gasteiger partial charge in [-0.2, -0.15) is 8.51 Å². The van der Waals surface area contributed by atoms with E-state index in [-0.39, 0.29) is 11.7 Å². The van der Waals surface area contributed by atoms with Crippen molar-refractivity contribution in [2.45, 2.75) is 0 Å². The van der Waals surface area contributed by atoms with E-state index in [1.54, 1.807) is 36.4 Å². The molecule has 0 fully saturated rings. The number of hydrogen-bond acceptors (Lipinski definition) is 3. The number of halogens is 3. The second-order valence-electron chi connectivity index (χ2n) is 4.14. The molecule has 1 aliphatic rings. The summed E-state index contributed by atoms with van der Waals surface area (Å²) in [6, 6.07) is 10.3. The van der Waals surface area contributed by atoms with Crippen molar-refractivity contribution in [3.63, 3.8) is 0 Å². The quantitative estimate of drug-likeness (QED) is 0.581. The van der Waals surface area contributed by atoms with Gasteiger partial charge in [-0.15, -0.1) is 0 Å². The Kier molecular flexibility index (Phi) is 4.22. The van der Waals surface area contributed by atoms with Gasteiger partial charge in [-0.1, -0.05) is 31.9 Å². The van der Waals surface area contributed by atoms with Crippen LogP contribution >= 0.6 is 47.8 Å². The number of anilines is 1. The van der Waals surface area contributed by atoms with E-state index in [2.05, 4.69) is 47.8 Å². The average molecular weight is 496 g/mol. The van der Waals surface area contributed by atoms with Crippen LogP contribution in [0.4, 0.5) is 5.69 Å². The molecule has 1 atom stereocenters. The number of carbonyl (C=O) groups is 1. The minimum absolute atomic E-state index is 0.287. The number of benzene rings is 2. The Balaban J connectivity index is 2.11. The zero-order valence-corrected chi connectivity index (χ0v) is 15.8. The molecule has 0 spiro atoms. The standard InChI is InChI=1S/C13H6Br3NO3S/c14-7-1-3-9(4-2-7)17-13(18)10-5-8(15)6-11(16)12(10)20-21(17)19/h1-6H. The van der Waals surface area contributed by atoms with Gasteiger partial charge in [0.1, 0.15) is 0 Å². The molecule has 0 aromatic heterocycles. The molecule has 108 valence electrons. The molecule has 0 aliphatic carbocycles. The smallest absolute Gasteiger partial charge is 0.326 e. The second kappa shape index (κ2) is 5.83. The molecule has 1 unspecified atom stereocenters. The van der Waals surface area contributed by atoms with Crippen molar-refractivity contribution in [1.82, 2.24) is 0 Å². The predicted molar refractivity (Wildman–Crippen MR) is 91.6 cm³/mol. The molecule has 0 saturated carbocycles. The van der Waals surface area contributed by atoms with Crippen molar-refractivity contribution in [3.8, 4) is 5.75 Å². The van der Waals surface area contributed by atoms with Gasteiger partial charge in [-0.05, 0) is 52.3 Å². The van der Waals surface area contributed by atoms with Gasteiger partial charge in [0.15, 0.2) is 5.75 Å². The zero-order chi connectivity index (χ0) is 15.1. The van der Waals surface area contributed by atoms with E-state index in [0.717, 1.165) is 13.3 Å². The molecule has 21 heavy (non-hydrogen) atoms. The third-order valence-electron chi connectivity index (χ3n) is 2.79. The van der Waals surface area contributed by atoms with Crippen LogP contribution in [-0.4, -0.2) is 10.1 Å². The molecule has 0 bridgehead atoms. The van der Waals surface area contributed by atoms with Crippen LogP contribution in [-0.2, 0) is 11.3 Å².